The van der Waals surface area contributed by atoms with Gasteiger partial charge in [0.15, 0.2) is 0 Å². The lowest BCUT2D eigenvalue weighted by atomic mass is 10.1. The van der Waals surface area contributed by atoms with E-state index in [0.717, 1.165) is 19.4 Å². The first-order valence-electron chi connectivity index (χ1n) is 7.14. The average Bonchev–Trinajstić information content (AvgIpc) is 3.09. The lowest BCUT2D eigenvalue weighted by Crippen LogP contribution is -2.42. The Bertz CT molecular complexity index is 416. The molecule has 1 aromatic heterocycles. The number of thiophene rings is 1. The third-order valence-corrected chi connectivity index (χ3v) is 5.82. The van der Waals surface area contributed by atoms with Gasteiger partial charge in [-0.2, -0.15) is 0 Å². The highest BCUT2D eigenvalue weighted by Gasteiger charge is 2.28. The highest BCUT2D eigenvalue weighted by molar-refractivity contribution is 9.10. The Morgan fingerprint density at radius 1 is 1.60 bits per heavy atom. The fourth-order valence-corrected chi connectivity index (χ4v) is 3.33. The Labute approximate surface area is 133 Å². The van der Waals surface area contributed by atoms with Crippen LogP contribution >= 0.6 is 27.3 Å². The molecule has 1 aliphatic heterocycles. The number of carbonyl (C=O) groups excluding carboxylic acids is 1. The molecule has 0 radical (unpaired) electrons. The number of hydrogen-bond acceptors (Lipinski definition) is 3. The maximum absolute atomic E-state index is 12.6. The van der Waals surface area contributed by atoms with Crippen LogP contribution in [0.4, 0.5) is 0 Å². The maximum atomic E-state index is 12.6. The van der Waals surface area contributed by atoms with Gasteiger partial charge in [-0.05, 0) is 30.2 Å². The van der Waals surface area contributed by atoms with Crippen LogP contribution in [0, 0.1) is 5.92 Å². The number of halogens is 1. The highest BCUT2D eigenvalue weighted by Crippen LogP contribution is 2.21. The summed E-state index contributed by atoms with van der Waals surface area (Å²) in [5.41, 5.74) is 0. The zero-order valence-electron chi connectivity index (χ0n) is 12.0. The molecule has 1 amide bonds. The highest BCUT2D eigenvalue weighted by atomic mass is 79.9. The fraction of sp³-hybridized carbons (Fsp3) is 0.667. The first kappa shape index (κ1) is 16.0. The molecule has 0 saturated carbocycles. The van der Waals surface area contributed by atoms with Crippen LogP contribution in [-0.2, 0) is 16.1 Å². The summed E-state index contributed by atoms with van der Waals surface area (Å²) in [6.45, 7) is 6.34. The van der Waals surface area contributed by atoms with Crippen molar-refractivity contribution in [2.24, 2.45) is 5.92 Å². The van der Waals surface area contributed by atoms with Crippen LogP contribution < -0.4 is 0 Å². The van der Waals surface area contributed by atoms with Crippen molar-refractivity contribution < 1.29 is 9.53 Å². The first-order valence-corrected chi connectivity index (χ1v) is 8.94. The van der Waals surface area contributed by atoms with Crippen LogP contribution in [-0.4, -0.2) is 34.9 Å². The molecule has 1 aliphatic rings. The molecular weight excluding hydrogens is 338 g/mol. The van der Waals surface area contributed by atoms with Gasteiger partial charge in [0.05, 0.1) is 17.5 Å². The molecule has 0 spiro atoms. The van der Waals surface area contributed by atoms with Crippen LogP contribution in [0.1, 0.15) is 31.6 Å². The van der Waals surface area contributed by atoms with Gasteiger partial charge in [0.2, 0.25) is 5.91 Å². The third kappa shape index (κ3) is 4.30. The molecule has 0 bridgehead atoms. The molecule has 2 rings (SSSR count). The van der Waals surface area contributed by atoms with Crippen molar-refractivity contribution in [3.05, 3.63) is 22.4 Å². The van der Waals surface area contributed by atoms with Gasteiger partial charge in [-0.3, -0.25) is 4.79 Å². The van der Waals surface area contributed by atoms with E-state index in [-0.39, 0.29) is 22.8 Å². The number of ether oxygens (including phenoxy) is 1. The summed E-state index contributed by atoms with van der Waals surface area (Å²) in [5.74, 6) is 0.460. The Hall–Kier alpha value is -0.390. The molecule has 2 unspecified atom stereocenters. The summed E-state index contributed by atoms with van der Waals surface area (Å²) in [6.07, 6.45) is 2.36. The smallest absolute Gasteiger partial charge is 0.237 e. The average molecular weight is 360 g/mol. The largest absolute Gasteiger partial charge is 0.376 e. The molecule has 1 saturated heterocycles. The topological polar surface area (TPSA) is 29.5 Å². The lowest BCUT2D eigenvalue weighted by Gasteiger charge is -2.28. The normalized spacial score (nSPS) is 20.3. The van der Waals surface area contributed by atoms with Crippen LogP contribution in [0.15, 0.2) is 17.5 Å². The molecule has 20 heavy (non-hydrogen) atoms. The van der Waals surface area contributed by atoms with Crippen LogP contribution in [0.2, 0.25) is 0 Å². The monoisotopic (exact) mass is 359 g/mol. The summed E-state index contributed by atoms with van der Waals surface area (Å²) in [5, 5.41) is 2.05. The lowest BCUT2D eigenvalue weighted by molar-refractivity contribution is -0.133. The third-order valence-electron chi connectivity index (χ3n) is 3.51. The molecule has 2 atom stereocenters. The van der Waals surface area contributed by atoms with Crippen molar-refractivity contribution in [2.45, 2.75) is 44.2 Å². The second-order valence-electron chi connectivity index (χ2n) is 5.58. The van der Waals surface area contributed by atoms with E-state index >= 15 is 0 Å². The molecule has 1 fully saturated rings. The number of rotatable bonds is 6. The van der Waals surface area contributed by atoms with Crippen LogP contribution in [0.5, 0.6) is 0 Å². The second kappa shape index (κ2) is 7.57. The summed E-state index contributed by atoms with van der Waals surface area (Å²) in [4.78, 5) is 15.7. The van der Waals surface area contributed by atoms with Gasteiger partial charge < -0.3 is 9.64 Å². The van der Waals surface area contributed by atoms with Gasteiger partial charge in [0.25, 0.3) is 0 Å². The number of carbonyl (C=O) groups is 1. The van der Waals surface area contributed by atoms with E-state index in [1.165, 1.54) is 4.88 Å². The molecule has 5 heteroatoms. The Morgan fingerprint density at radius 3 is 2.95 bits per heavy atom. The van der Waals surface area contributed by atoms with Gasteiger partial charge in [-0.25, -0.2) is 0 Å². The minimum absolute atomic E-state index is 0.121. The van der Waals surface area contributed by atoms with Gasteiger partial charge in [-0.15, -0.1) is 11.3 Å². The quantitative estimate of drug-likeness (QED) is 0.725. The van der Waals surface area contributed by atoms with E-state index in [1.807, 2.05) is 11.0 Å². The summed E-state index contributed by atoms with van der Waals surface area (Å²) < 4.78 is 5.69. The Kier molecular flexibility index (Phi) is 6.05. The predicted octanol–water partition coefficient (Wildman–Crippen LogP) is 3.68. The van der Waals surface area contributed by atoms with E-state index < -0.39 is 0 Å². The molecule has 0 N–H and O–H groups in total. The van der Waals surface area contributed by atoms with E-state index in [0.29, 0.717) is 13.1 Å². The number of hydrogen-bond donors (Lipinski definition) is 0. The molecule has 0 aliphatic carbocycles. The van der Waals surface area contributed by atoms with Gasteiger partial charge >= 0.3 is 0 Å². The van der Waals surface area contributed by atoms with E-state index in [4.69, 9.17) is 4.74 Å². The first-order chi connectivity index (χ1) is 9.58. The molecule has 112 valence electrons. The minimum atomic E-state index is -0.121. The SMILES string of the molecule is CC(C)C(Br)C(=O)N(Cc1cccs1)CC1CCCO1. The maximum Gasteiger partial charge on any atom is 0.237 e. The summed E-state index contributed by atoms with van der Waals surface area (Å²) >= 11 is 5.23. The molecule has 0 aromatic carbocycles. The van der Waals surface area contributed by atoms with Crippen molar-refractivity contribution in [1.29, 1.82) is 0 Å². The van der Waals surface area contributed by atoms with Gasteiger partial charge in [0, 0.05) is 18.0 Å². The standard InChI is InChI=1S/C15H22BrNO2S/c1-11(2)14(16)15(18)17(9-12-5-3-7-19-12)10-13-6-4-8-20-13/h4,6,8,11-12,14H,3,5,7,9-10H2,1-2H3. The van der Waals surface area contributed by atoms with Crippen molar-refractivity contribution in [1.82, 2.24) is 4.90 Å². The van der Waals surface area contributed by atoms with Crippen molar-refractivity contribution in [3.8, 4) is 0 Å². The number of nitrogens with zero attached hydrogens (tertiary/aromatic N) is 1. The zero-order valence-corrected chi connectivity index (χ0v) is 14.5. The van der Waals surface area contributed by atoms with E-state index in [9.17, 15) is 4.79 Å². The van der Waals surface area contributed by atoms with Gasteiger partial charge in [0.1, 0.15) is 0 Å². The summed E-state index contributed by atoms with van der Waals surface area (Å²) in [6, 6.07) is 4.11. The minimum Gasteiger partial charge on any atom is -0.376 e. The van der Waals surface area contributed by atoms with E-state index in [2.05, 4.69) is 41.2 Å². The molecular formula is C15H22BrNO2S. The second-order valence-corrected chi connectivity index (χ2v) is 7.60. The Balaban J connectivity index is 2.03. The molecule has 1 aromatic rings. The predicted molar refractivity (Wildman–Crippen MR) is 86.3 cm³/mol. The zero-order chi connectivity index (χ0) is 14.5. The Morgan fingerprint density at radius 2 is 2.40 bits per heavy atom. The van der Waals surface area contributed by atoms with E-state index in [1.54, 1.807) is 11.3 Å². The number of amides is 1. The number of alkyl halides is 1. The van der Waals surface area contributed by atoms with Crippen LogP contribution in [0.3, 0.4) is 0 Å². The van der Waals surface area contributed by atoms with Gasteiger partial charge in [-0.1, -0.05) is 35.8 Å². The van der Waals surface area contributed by atoms with Crippen molar-refractivity contribution in [2.75, 3.05) is 13.2 Å². The van der Waals surface area contributed by atoms with Crippen LogP contribution in [0.25, 0.3) is 0 Å². The molecule has 2 heterocycles. The fourth-order valence-electron chi connectivity index (χ4n) is 2.32. The van der Waals surface area contributed by atoms with Crippen molar-refractivity contribution >= 4 is 33.2 Å². The van der Waals surface area contributed by atoms with Crippen molar-refractivity contribution in [3.63, 3.8) is 0 Å². The summed E-state index contributed by atoms with van der Waals surface area (Å²) in [7, 11) is 0. The molecule has 3 nitrogen and oxygen atoms in total.